The van der Waals surface area contributed by atoms with Gasteiger partial charge in [-0.25, -0.2) is 14.4 Å². The molecule has 4 N–H and O–H groups in total. The molecule has 1 aromatic heterocycles. The van der Waals surface area contributed by atoms with Gasteiger partial charge >= 0.3 is 0 Å². The summed E-state index contributed by atoms with van der Waals surface area (Å²) in [6.07, 6.45) is 1.64. The van der Waals surface area contributed by atoms with Crippen LogP contribution in [-0.4, -0.2) is 27.0 Å². The lowest BCUT2D eigenvalue weighted by molar-refractivity contribution is -0.121. The average Bonchev–Trinajstić information content (AvgIpc) is 2.45. The van der Waals surface area contributed by atoms with Crippen LogP contribution in [0, 0.1) is 5.82 Å². The first kappa shape index (κ1) is 13.9. The first-order valence-electron chi connectivity index (χ1n) is 5.84. The fourth-order valence-corrected chi connectivity index (χ4v) is 1.70. The normalized spacial score (nSPS) is 13.5. The number of halogens is 1. The van der Waals surface area contributed by atoms with Crippen molar-refractivity contribution in [1.29, 1.82) is 0 Å². The Labute approximate surface area is 114 Å². The predicted molar refractivity (Wildman–Crippen MR) is 70.0 cm³/mol. The smallest absolute Gasteiger partial charge is 0.243 e. The van der Waals surface area contributed by atoms with Crippen molar-refractivity contribution in [3.8, 4) is 0 Å². The molecule has 0 spiro atoms. The number of nitrogens with two attached hydrogens (primary N) is 1. The highest BCUT2D eigenvalue weighted by Gasteiger charge is 2.27. The van der Waals surface area contributed by atoms with E-state index in [0.29, 0.717) is 0 Å². The number of hydrogen-bond donors (Lipinski definition) is 3. The number of carbonyl (C=O) groups is 1. The van der Waals surface area contributed by atoms with E-state index in [9.17, 15) is 14.3 Å². The summed E-state index contributed by atoms with van der Waals surface area (Å²) in [5.74, 6) is -1.17. The molecular weight excluding hydrogens is 263 g/mol. The quantitative estimate of drug-likeness (QED) is 0.743. The third-order valence-corrected chi connectivity index (χ3v) is 2.66. The lowest BCUT2D eigenvalue weighted by atomic mass is 10.0. The highest BCUT2D eigenvalue weighted by atomic mass is 19.1. The van der Waals surface area contributed by atoms with Crippen molar-refractivity contribution >= 4 is 11.9 Å². The van der Waals surface area contributed by atoms with E-state index in [-0.39, 0.29) is 11.5 Å². The van der Waals surface area contributed by atoms with Crippen molar-refractivity contribution in [2.24, 2.45) is 5.73 Å². The van der Waals surface area contributed by atoms with E-state index in [1.165, 1.54) is 30.6 Å². The number of amides is 1. The summed E-state index contributed by atoms with van der Waals surface area (Å²) in [6.45, 7) is 0. The zero-order valence-electron chi connectivity index (χ0n) is 10.4. The van der Waals surface area contributed by atoms with Gasteiger partial charge in [-0.05, 0) is 23.8 Å². The molecule has 7 heteroatoms. The number of anilines is 1. The van der Waals surface area contributed by atoms with Gasteiger partial charge in [0.15, 0.2) is 0 Å². The van der Waals surface area contributed by atoms with Crippen LogP contribution in [0.4, 0.5) is 10.3 Å². The Morgan fingerprint density at radius 1 is 1.30 bits per heavy atom. The van der Waals surface area contributed by atoms with Crippen LogP contribution in [0.2, 0.25) is 0 Å². The molecular formula is C13H13FN4O2. The van der Waals surface area contributed by atoms with Gasteiger partial charge in [0, 0.05) is 12.4 Å². The minimum Gasteiger partial charge on any atom is -0.386 e. The molecule has 0 aliphatic carbocycles. The highest BCUT2D eigenvalue weighted by Crippen LogP contribution is 2.19. The molecule has 0 aliphatic rings. The van der Waals surface area contributed by atoms with Crippen LogP contribution in [0.25, 0.3) is 0 Å². The van der Waals surface area contributed by atoms with E-state index in [4.69, 9.17) is 5.73 Å². The number of benzene rings is 1. The molecule has 2 aromatic rings. The molecule has 6 nitrogen and oxygen atoms in total. The summed E-state index contributed by atoms with van der Waals surface area (Å²) < 4.78 is 13.1. The fourth-order valence-electron chi connectivity index (χ4n) is 1.70. The van der Waals surface area contributed by atoms with Gasteiger partial charge in [0.2, 0.25) is 11.9 Å². The van der Waals surface area contributed by atoms with Crippen molar-refractivity contribution in [2.75, 3.05) is 5.32 Å². The number of aromatic nitrogens is 2. The predicted octanol–water partition coefficient (Wildman–Crippen LogP) is 0.615. The zero-order chi connectivity index (χ0) is 14.5. The Morgan fingerprint density at radius 3 is 2.60 bits per heavy atom. The molecule has 0 bridgehead atoms. The van der Waals surface area contributed by atoms with E-state index in [1.807, 2.05) is 0 Å². The van der Waals surface area contributed by atoms with E-state index < -0.39 is 23.9 Å². The maximum Gasteiger partial charge on any atom is 0.243 e. The first-order chi connectivity index (χ1) is 9.58. The van der Waals surface area contributed by atoms with Crippen molar-refractivity contribution < 1.29 is 14.3 Å². The van der Waals surface area contributed by atoms with Gasteiger partial charge in [-0.1, -0.05) is 12.1 Å². The van der Waals surface area contributed by atoms with Crippen LogP contribution in [0.15, 0.2) is 42.7 Å². The molecule has 0 aliphatic heterocycles. The standard InChI is InChI=1S/C13H13FN4O2/c14-9-4-1-3-8(7-9)11(19)10(12(15)20)18-13-16-5-2-6-17-13/h1-7,10-11,19H,(H2,15,20)(H,16,17,18). The Hall–Kier alpha value is -2.54. The molecule has 2 atom stereocenters. The van der Waals surface area contributed by atoms with Crippen LogP contribution in [0.1, 0.15) is 11.7 Å². The molecule has 1 heterocycles. The fraction of sp³-hybridized carbons (Fsp3) is 0.154. The molecule has 0 radical (unpaired) electrons. The Bertz CT molecular complexity index is 594. The summed E-state index contributed by atoms with van der Waals surface area (Å²) in [7, 11) is 0. The van der Waals surface area contributed by atoms with Crippen molar-refractivity contribution in [3.05, 3.63) is 54.1 Å². The largest absolute Gasteiger partial charge is 0.386 e. The van der Waals surface area contributed by atoms with Crippen LogP contribution >= 0.6 is 0 Å². The first-order valence-corrected chi connectivity index (χ1v) is 5.84. The number of nitrogens with zero attached hydrogens (tertiary/aromatic N) is 2. The summed E-state index contributed by atoms with van der Waals surface area (Å²) in [6, 6.07) is 5.74. The third kappa shape index (κ3) is 3.27. The van der Waals surface area contributed by atoms with Gasteiger partial charge in [0.05, 0.1) is 0 Å². The summed E-state index contributed by atoms with van der Waals surface area (Å²) in [5.41, 5.74) is 5.48. The Kier molecular flexibility index (Phi) is 4.21. The summed E-state index contributed by atoms with van der Waals surface area (Å²) in [5, 5.41) is 12.8. The minimum atomic E-state index is -1.31. The number of rotatable bonds is 5. The summed E-state index contributed by atoms with van der Waals surface area (Å²) >= 11 is 0. The molecule has 1 aromatic carbocycles. The molecule has 0 saturated heterocycles. The molecule has 0 fully saturated rings. The van der Waals surface area contributed by atoms with Crippen LogP contribution in [0.3, 0.4) is 0 Å². The van der Waals surface area contributed by atoms with Crippen molar-refractivity contribution in [3.63, 3.8) is 0 Å². The molecule has 0 saturated carbocycles. The van der Waals surface area contributed by atoms with Gasteiger partial charge in [0.25, 0.3) is 0 Å². The average molecular weight is 276 g/mol. The Balaban J connectivity index is 2.22. The zero-order valence-corrected chi connectivity index (χ0v) is 10.4. The van der Waals surface area contributed by atoms with Gasteiger partial charge in [-0.15, -0.1) is 0 Å². The number of nitrogens with one attached hydrogen (secondary N) is 1. The Morgan fingerprint density at radius 2 is 2.00 bits per heavy atom. The van der Waals surface area contributed by atoms with E-state index in [2.05, 4.69) is 15.3 Å². The third-order valence-electron chi connectivity index (χ3n) is 2.66. The number of aliphatic hydroxyl groups excluding tert-OH is 1. The van der Waals surface area contributed by atoms with Gasteiger partial charge in [-0.3, -0.25) is 4.79 Å². The van der Waals surface area contributed by atoms with E-state index >= 15 is 0 Å². The van der Waals surface area contributed by atoms with Gasteiger partial charge < -0.3 is 16.2 Å². The maximum absolute atomic E-state index is 13.1. The highest BCUT2D eigenvalue weighted by molar-refractivity contribution is 5.83. The van der Waals surface area contributed by atoms with Crippen LogP contribution in [-0.2, 0) is 4.79 Å². The SMILES string of the molecule is NC(=O)C(Nc1ncccn1)C(O)c1cccc(F)c1. The number of hydrogen-bond acceptors (Lipinski definition) is 5. The molecule has 20 heavy (non-hydrogen) atoms. The molecule has 1 amide bonds. The minimum absolute atomic E-state index is 0.145. The second-order valence-corrected chi connectivity index (χ2v) is 4.10. The second kappa shape index (κ2) is 6.07. The van der Waals surface area contributed by atoms with E-state index in [1.54, 1.807) is 6.07 Å². The monoisotopic (exact) mass is 276 g/mol. The second-order valence-electron chi connectivity index (χ2n) is 4.10. The van der Waals surface area contributed by atoms with Crippen molar-refractivity contribution in [1.82, 2.24) is 9.97 Å². The summed E-state index contributed by atoms with van der Waals surface area (Å²) in [4.78, 5) is 19.2. The van der Waals surface area contributed by atoms with E-state index in [0.717, 1.165) is 6.07 Å². The molecule has 104 valence electrons. The molecule has 2 unspecified atom stereocenters. The lowest BCUT2D eigenvalue weighted by Crippen LogP contribution is -2.41. The van der Waals surface area contributed by atoms with Gasteiger partial charge in [0.1, 0.15) is 18.0 Å². The number of primary amides is 1. The molecule has 2 rings (SSSR count). The van der Waals surface area contributed by atoms with Crippen molar-refractivity contribution in [2.45, 2.75) is 12.1 Å². The number of aliphatic hydroxyl groups is 1. The number of carbonyl (C=O) groups excluding carboxylic acids is 1. The maximum atomic E-state index is 13.1. The topological polar surface area (TPSA) is 101 Å². The van der Waals surface area contributed by atoms with Crippen LogP contribution < -0.4 is 11.1 Å². The van der Waals surface area contributed by atoms with Gasteiger partial charge in [-0.2, -0.15) is 0 Å². The lowest BCUT2D eigenvalue weighted by Gasteiger charge is -2.21. The van der Waals surface area contributed by atoms with Crippen LogP contribution in [0.5, 0.6) is 0 Å².